The van der Waals surface area contributed by atoms with Gasteiger partial charge in [-0.1, -0.05) is 42.7 Å². The predicted octanol–water partition coefficient (Wildman–Crippen LogP) is 2.72. The summed E-state index contributed by atoms with van der Waals surface area (Å²) in [6, 6.07) is 5.14. The molecule has 0 bridgehead atoms. The molecule has 2 N–H and O–H groups in total. The van der Waals surface area contributed by atoms with Crippen molar-refractivity contribution >= 4 is 23.5 Å². The molecule has 8 heteroatoms. The summed E-state index contributed by atoms with van der Waals surface area (Å²) in [6.45, 7) is 3.87. The quantitative estimate of drug-likeness (QED) is 0.794. The molecule has 0 aliphatic carbocycles. The van der Waals surface area contributed by atoms with Crippen molar-refractivity contribution in [2.45, 2.75) is 38.6 Å². The third-order valence-corrected chi connectivity index (χ3v) is 3.57. The van der Waals surface area contributed by atoms with Gasteiger partial charge < -0.3 is 14.9 Å². The van der Waals surface area contributed by atoms with Crippen LogP contribution in [0.2, 0.25) is 5.02 Å². The van der Waals surface area contributed by atoms with Crippen molar-refractivity contribution in [2.24, 2.45) is 0 Å². The Hall–Kier alpha value is -2.41. The van der Waals surface area contributed by atoms with Gasteiger partial charge in [-0.3, -0.25) is 4.79 Å². The second kappa shape index (κ2) is 7.92. The van der Waals surface area contributed by atoms with E-state index in [2.05, 4.69) is 15.5 Å². The van der Waals surface area contributed by atoms with Gasteiger partial charge in [0.2, 0.25) is 11.8 Å². The number of carbonyl (C=O) groups is 2. The van der Waals surface area contributed by atoms with Crippen LogP contribution in [-0.2, 0) is 16.0 Å². The lowest BCUT2D eigenvalue weighted by Gasteiger charge is -2.14. The fraction of sp³-hybridized carbons (Fsp3) is 0.375. The Labute approximate surface area is 144 Å². The highest BCUT2D eigenvalue weighted by Gasteiger charge is 2.22. The van der Waals surface area contributed by atoms with Crippen LogP contribution in [0.25, 0.3) is 0 Å². The van der Waals surface area contributed by atoms with Crippen LogP contribution in [0, 0.1) is 0 Å². The number of amides is 1. The van der Waals surface area contributed by atoms with Gasteiger partial charge in [-0.2, -0.15) is 4.98 Å². The zero-order valence-corrected chi connectivity index (χ0v) is 14.1. The molecule has 2 rings (SSSR count). The topological polar surface area (TPSA) is 105 Å². The first-order valence-corrected chi connectivity index (χ1v) is 7.84. The van der Waals surface area contributed by atoms with Gasteiger partial charge in [-0.25, -0.2) is 4.79 Å². The Balaban J connectivity index is 1.95. The molecular weight excluding hydrogens is 334 g/mol. The van der Waals surface area contributed by atoms with Crippen LogP contribution in [0.1, 0.15) is 49.5 Å². The van der Waals surface area contributed by atoms with E-state index in [1.165, 1.54) is 0 Å². The molecule has 128 valence electrons. The fourth-order valence-electron chi connectivity index (χ4n) is 2.00. The molecule has 2 aromatic rings. The van der Waals surface area contributed by atoms with Crippen molar-refractivity contribution in [2.75, 3.05) is 0 Å². The van der Waals surface area contributed by atoms with Crippen LogP contribution in [0.4, 0.5) is 0 Å². The number of rotatable bonds is 7. The van der Waals surface area contributed by atoms with Crippen LogP contribution in [0.3, 0.4) is 0 Å². The van der Waals surface area contributed by atoms with E-state index < -0.39 is 17.9 Å². The first-order valence-electron chi connectivity index (χ1n) is 7.47. The smallest absolute Gasteiger partial charge is 0.330 e. The summed E-state index contributed by atoms with van der Waals surface area (Å²) in [7, 11) is 0. The highest BCUT2D eigenvalue weighted by atomic mass is 35.5. The van der Waals surface area contributed by atoms with Gasteiger partial charge in [0.15, 0.2) is 11.9 Å². The molecule has 0 spiro atoms. The molecule has 0 fully saturated rings. The number of nitrogens with one attached hydrogen (secondary N) is 1. The molecule has 0 saturated heterocycles. The largest absolute Gasteiger partial charge is 0.479 e. The summed E-state index contributed by atoms with van der Waals surface area (Å²) < 4.78 is 5.05. The van der Waals surface area contributed by atoms with E-state index in [-0.39, 0.29) is 18.8 Å². The van der Waals surface area contributed by atoms with Gasteiger partial charge in [0.1, 0.15) is 0 Å². The van der Waals surface area contributed by atoms with Crippen molar-refractivity contribution in [3.8, 4) is 0 Å². The second-order valence-corrected chi connectivity index (χ2v) is 6.03. The number of carboxylic acid groups (broad SMARTS) is 1. The number of hydrogen-bond donors (Lipinski definition) is 2. The minimum atomic E-state index is -1.15. The van der Waals surface area contributed by atoms with Gasteiger partial charge >= 0.3 is 5.97 Å². The van der Waals surface area contributed by atoms with Gasteiger partial charge in [0, 0.05) is 23.8 Å². The van der Waals surface area contributed by atoms with Crippen LogP contribution in [0.15, 0.2) is 28.8 Å². The maximum Gasteiger partial charge on any atom is 0.330 e. The van der Waals surface area contributed by atoms with Gasteiger partial charge in [0.25, 0.3) is 0 Å². The van der Waals surface area contributed by atoms with Crippen LogP contribution >= 0.6 is 11.6 Å². The number of aliphatic carboxylic acids is 1. The highest BCUT2D eigenvalue weighted by Crippen LogP contribution is 2.17. The number of benzene rings is 1. The monoisotopic (exact) mass is 351 g/mol. The molecular formula is C16H18ClN3O4. The number of aromatic nitrogens is 2. The lowest BCUT2D eigenvalue weighted by molar-refractivity contribution is -0.142. The van der Waals surface area contributed by atoms with Crippen LogP contribution in [0.5, 0.6) is 0 Å². The molecule has 0 aliphatic rings. The Morgan fingerprint density at radius 2 is 1.96 bits per heavy atom. The maximum absolute atomic E-state index is 12.0. The van der Waals surface area contributed by atoms with Gasteiger partial charge in [-0.05, 0) is 17.7 Å². The first kappa shape index (κ1) is 17.9. The van der Waals surface area contributed by atoms with Crippen LogP contribution < -0.4 is 5.32 Å². The number of carbonyl (C=O) groups excluding carboxylic acids is 1. The van der Waals surface area contributed by atoms with E-state index in [4.69, 9.17) is 16.1 Å². The van der Waals surface area contributed by atoms with E-state index in [0.717, 1.165) is 0 Å². The van der Waals surface area contributed by atoms with Gasteiger partial charge in [-0.15, -0.1) is 0 Å². The number of carboxylic acids is 1. The third kappa shape index (κ3) is 4.79. The number of hydrogen-bond acceptors (Lipinski definition) is 5. The Bertz CT molecular complexity index is 712. The average molecular weight is 352 g/mol. The molecule has 1 amide bonds. The molecule has 1 aromatic heterocycles. The third-order valence-electron chi connectivity index (χ3n) is 3.32. The lowest BCUT2D eigenvalue weighted by atomic mass is 10.1. The number of halogens is 1. The van der Waals surface area contributed by atoms with E-state index in [0.29, 0.717) is 22.3 Å². The van der Waals surface area contributed by atoms with E-state index in [9.17, 15) is 14.7 Å². The SMILES string of the molecule is CC(C)c1noc(CCC(=O)NC(C(=O)O)c2ccc(Cl)cc2)n1. The Morgan fingerprint density at radius 3 is 2.50 bits per heavy atom. The summed E-state index contributed by atoms with van der Waals surface area (Å²) in [4.78, 5) is 27.6. The minimum Gasteiger partial charge on any atom is -0.479 e. The van der Waals surface area contributed by atoms with E-state index in [1.54, 1.807) is 24.3 Å². The maximum atomic E-state index is 12.0. The molecule has 24 heavy (non-hydrogen) atoms. The minimum absolute atomic E-state index is 0.0527. The van der Waals surface area contributed by atoms with Crippen molar-refractivity contribution in [3.63, 3.8) is 0 Å². The van der Waals surface area contributed by atoms with Crippen molar-refractivity contribution in [1.82, 2.24) is 15.5 Å². The van der Waals surface area contributed by atoms with Crippen molar-refractivity contribution < 1.29 is 19.2 Å². The van der Waals surface area contributed by atoms with Gasteiger partial charge in [0.05, 0.1) is 0 Å². The van der Waals surface area contributed by atoms with E-state index in [1.807, 2.05) is 13.8 Å². The standard InChI is InChI=1S/C16H18ClN3O4/c1-9(2)15-19-13(24-20-15)8-7-12(21)18-14(16(22)23)10-3-5-11(17)6-4-10/h3-6,9,14H,7-8H2,1-2H3,(H,18,21)(H,22,23). The molecule has 7 nitrogen and oxygen atoms in total. The fourth-order valence-corrected chi connectivity index (χ4v) is 2.13. The molecule has 0 aliphatic heterocycles. The lowest BCUT2D eigenvalue weighted by Crippen LogP contribution is -2.33. The van der Waals surface area contributed by atoms with Crippen molar-refractivity contribution in [1.29, 1.82) is 0 Å². The second-order valence-electron chi connectivity index (χ2n) is 5.59. The normalized spacial score (nSPS) is 12.2. The molecule has 1 aromatic carbocycles. The zero-order valence-electron chi connectivity index (χ0n) is 13.3. The molecule has 1 heterocycles. The number of aryl methyl sites for hydroxylation is 1. The number of nitrogens with zero attached hydrogens (tertiary/aromatic N) is 2. The highest BCUT2D eigenvalue weighted by molar-refractivity contribution is 6.30. The van der Waals surface area contributed by atoms with Crippen LogP contribution in [-0.4, -0.2) is 27.1 Å². The summed E-state index contributed by atoms with van der Waals surface area (Å²) >= 11 is 5.79. The first-order chi connectivity index (χ1) is 11.4. The van der Waals surface area contributed by atoms with Crippen molar-refractivity contribution in [3.05, 3.63) is 46.6 Å². The zero-order chi connectivity index (χ0) is 17.7. The van der Waals surface area contributed by atoms with E-state index >= 15 is 0 Å². The Kier molecular flexibility index (Phi) is 5.92. The molecule has 1 unspecified atom stereocenters. The summed E-state index contributed by atoms with van der Waals surface area (Å²) in [5.41, 5.74) is 0.445. The molecule has 0 radical (unpaired) electrons. The molecule has 1 atom stereocenters. The summed E-state index contributed by atoms with van der Waals surface area (Å²) in [6.07, 6.45) is 0.301. The predicted molar refractivity (Wildman–Crippen MR) is 86.7 cm³/mol. The Morgan fingerprint density at radius 1 is 1.29 bits per heavy atom. The summed E-state index contributed by atoms with van der Waals surface area (Å²) in [5, 5.41) is 16.1. The molecule has 0 saturated carbocycles. The summed E-state index contributed by atoms with van der Waals surface area (Å²) in [5.74, 6) is -0.493. The average Bonchev–Trinajstić information content (AvgIpc) is 3.00.